The van der Waals surface area contributed by atoms with Crippen molar-refractivity contribution >= 4 is 5.97 Å². The van der Waals surface area contributed by atoms with Crippen LogP contribution in [0.15, 0.2) is 16.5 Å². The van der Waals surface area contributed by atoms with Crippen LogP contribution in [0.2, 0.25) is 0 Å². The van der Waals surface area contributed by atoms with Crippen LogP contribution < -0.4 is 5.73 Å². The van der Waals surface area contributed by atoms with Crippen molar-refractivity contribution in [3.63, 3.8) is 0 Å². The third kappa shape index (κ3) is 2.27. The molecule has 1 atom stereocenters. The summed E-state index contributed by atoms with van der Waals surface area (Å²) in [5.41, 5.74) is 4.71. The van der Waals surface area contributed by atoms with Gasteiger partial charge in [-0.25, -0.2) is 18.0 Å². The van der Waals surface area contributed by atoms with Crippen LogP contribution in [0.3, 0.4) is 0 Å². The van der Waals surface area contributed by atoms with Gasteiger partial charge in [0.15, 0.2) is 23.5 Å². The van der Waals surface area contributed by atoms with Crippen molar-refractivity contribution in [1.82, 2.24) is 10.2 Å². The summed E-state index contributed by atoms with van der Waals surface area (Å²) in [5.74, 6) is -6.99. The van der Waals surface area contributed by atoms with Crippen LogP contribution in [-0.4, -0.2) is 21.3 Å². The highest BCUT2D eigenvalue weighted by atomic mass is 19.2. The van der Waals surface area contributed by atoms with E-state index < -0.39 is 46.8 Å². The first-order chi connectivity index (χ1) is 8.91. The Morgan fingerprint density at radius 1 is 1.26 bits per heavy atom. The van der Waals surface area contributed by atoms with Gasteiger partial charge in [0.05, 0.1) is 5.56 Å². The number of hydrogen-bond acceptors (Lipinski definition) is 5. The van der Waals surface area contributed by atoms with Crippen molar-refractivity contribution in [2.24, 2.45) is 5.73 Å². The lowest BCUT2D eigenvalue weighted by Gasteiger charge is -2.00. The molecule has 0 amide bonds. The molecule has 1 aromatic heterocycles. The maximum Gasteiger partial charge on any atom is 0.330 e. The van der Waals surface area contributed by atoms with Gasteiger partial charge in [-0.15, -0.1) is 10.2 Å². The van der Waals surface area contributed by atoms with Gasteiger partial charge in [-0.3, -0.25) is 0 Å². The predicted molar refractivity (Wildman–Crippen MR) is 54.2 cm³/mol. The molecule has 9 heteroatoms. The molecule has 0 saturated heterocycles. The van der Waals surface area contributed by atoms with Crippen molar-refractivity contribution in [3.05, 3.63) is 35.5 Å². The first kappa shape index (κ1) is 13.0. The molecule has 0 fully saturated rings. The third-order valence-electron chi connectivity index (χ3n) is 2.24. The number of aromatic nitrogens is 2. The summed E-state index contributed by atoms with van der Waals surface area (Å²) in [6.07, 6.45) is 0. The van der Waals surface area contributed by atoms with Gasteiger partial charge < -0.3 is 15.3 Å². The largest absolute Gasteiger partial charge is 0.480 e. The van der Waals surface area contributed by atoms with Gasteiger partial charge >= 0.3 is 5.97 Å². The lowest BCUT2D eigenvalue weighted by Crippen LogP contribution is -2.20. The molecule has 1 aromatic carbocycles. The van der Waals surface area contributed by atoms with Crippen LogP contribution in [0, 0.1) is 17.5 Å². The van der Waals surface area contributed by atoms with Gasteiger partial charge in [0.1, 0.15) is 0 Å². The molecule has 3 N–H and O–H groups in total. The number of carboxylic acid groups (broad SMARTS) is 1. The van der Waals surface area contributed by atoms with E-state index in [0.717, 1.165) is 6.07 Å². The number of nitrogens with two attached hydrogens (primary N) is 1. The van der Waals surface area contributed by atoms with E-state index >= 15 is 0 Å². The van der Waals surface area contributed by atoms with Crippen molar-refractivity contribution < 1.29 is 27.5 Å². The second kappa shape index (κ2) is 4.69. The second-order valence-corrected chi connectivity index (χ2v) is 3.48. The monoisotopic (exact) mass is 273 g/mol. The van der Waals surface area contributed by atoms with Gasteiger partial charge in [0.25, 0.3) is 5.89 Å². The van der Waals surface area contributed by atoms with E-state index in [9.17, 15) is 18.0 Å². The van der Waals surface area contributed by atoms with Crippen molar-refractivity contribution in [1.29, 1.82) is 0 Å². The Labute approximate surface area is 103 Å². The van der Waals surface area contributed by atoms with E-state index in [0.29, 0.717) is 6.07 Å². The average Bonchev–Trinajstić information content (AvgIpc) is 2.84. The fourth-order valence-corrected chi connectivity index (χ4v) is 1.27. The van der Waals surface area contributed by atoms with E-state index in [1.807, 2.05) is 0 Å². The van der Waals surface area contributed by atoms with Gasteiger partial charge in [0, 0.05) is 0 Å². The van der Waals surface area contributed by atoms with E-state index in [-0.39, 0.29) is 0 Å². The number of carboxylic acids is 1. The second-order valence-electron chi connectivity index (χ2n) is 3.48. The van der Waals surface area contributed by atoms with Crippen LogP contribution in [0.5, 0.6) is 0 Å². The van der Waals surface area contributed by atoms with Crippen LogP contribution in [0.4, 0.5) is 13.2 Å². The average molecular weight is 273 g/mol. The fraction of sp³-hybridized carbons (Fsp3) is 0.100. The highest BCUT2D eigenvalue weighted by molar-refractivity contribution is 5.73. The minimum Gasteiger partial charge on any atom is -0.480 e. The van der Waals surface area contributed by atoms with E-state index in [4.69, 9.17) is 15.3 Å². The standard InChI is InChI=1S/C10H6F3N3O3/c11-4-2-1-3(5(12)6(4)13)8-15-16-9(19-8)7(14)10(17)18/h1-2,7H,14H2,(H,17,18). The Morgan fingerprint density at radius 2 is 1.95 bits per heavy atom. The molecule has 2 aromatic rings. The Kier molecular flexibility index (Phi) is 3.21. The molecular formula is C10H6F3N3O3. The zero-order valence-electron chi connectivity index (χ0n) is 9.10. The minimum absolute atomic E-state index is 0.480. The summed E-state index contributed by atoms with van der Waals surface area (Å²) in [5, 5.41) is 15.2. The van der Waals surface area contributed by atoms with Crippen LogP contribution in [0.1, 0.15) is 11.9 Å². The van der Waals surface area contributed by atoms with E-state index in [1.165, 1.54) is 0 Å². The molecule has 0 spiro atoms. The molecule has 0 bridgehead atoms. The summed E-state index contributed by atoms with van der Waals surface area (Å²) < 4.78 is 44.0. The summed E-state index contributed by atoms with van der Waals surface area (Å²) in [6, 6.07) is -0.0267. The topological polar surface area (TPSA) is 102 Å². The summed E-state index contributed by atoms with van der Waals surface area (Å²) in [4.78, 5) is 10.6. The zero-order valence-corrected chi connectivity index (χ0v) is 9.10. The highest BCUT2D eigenvalue weighted by Gasteiger charge is 2.24. The van der Waals surface area contributed by atoms with E-state index in [1.54, 1.807) is 0 Å². The lowest BCUT2D eigenvalue weighted by atomic mass is 10.2. The molecule has 0 radical (unpaired) electrons. The van der Waals surface area contributed by atoms with Crippen LogP contribution in [-0.2, 0) is 4.79 Å². The molecule has 6 nitrogen and oxygen atoms in total. The number of nitrogens with zero attached hydrogens (tertiary/aromatic N) is 2. The van der Waals surface area contributed by atoms with Crippen molar-refractivity contribution in [3.8, 4) is 11.5 Å². The quantitative estimate of drug-likeness (QED) is 0.815. The number of aliphatic carboxylic acids is 1. The zero-order chi connectivity index (χ0) is 14.2. The maximum atomic E-state index is 13.4. The number of hydrogen-bond donors (Lipinski definition) is 2. The molecule has 1 heterocycles. The van der Waals surface area contributed by atoms with Crippen molar-refractivity contribution in [2.45, 2.75) is 6.04 Å². The molecular weight excluding hydrogens is 267 g/mol. The summed E-state index contributed by atoms with van der Waals surface area (Å²) >= 11 is 0. The third-order valence-corrected chi connectivity index (χ3v) is 2.24. The first-order valence-electron chi connectivity index (χ1n) is 4.87. The number of halogens is 3. The van der Waals surface area contributed by atoms with Gasteiger partial charge in [-0.2, -0.15) is 0 Å². The molecule has 0 aliphatic rings. The summed E-state index contributed by atoms with van der Waals surface area (Å²) in [6.45, 7) is 0. The molecule has 0 aliphatic heterocycles. The highest BCUT2D eigenvalue weighted by Crippen LogP contribution is 2.25. The predicted octanol–water partition coefficient (Wildman–Crippen LogP) is 1.24. The van der Waals surface area contributed by atoms with Gasteiger partial charge in [-0.1, -0.05) is 0 Å². The summed E-state index contributed by atoms with van der Waals surface area (Å²) in [7, 11) is 0. The molecule has 0 aliphatic carbocycles. The van der Waals surface area contributed by atoms with E-state index in [2.05, 4.69) is 10.2 Å². The Balaban J connectivity index is 2.44. The molecule has 100 valence electrons. The van der Waals surface area contributed by atoms with Crippen molar-refractivity contribution in [2.75, 3.05) is 0 Å². The SMILES string of the molecule is NC(C(=O)O)c1nnc(-c2ccc(F)c(F)c2F)o1. The Hall–Kier alpha value is -2.42. The Bertz CT molecular complexity index is 644. The fourth-order valence-electron chi connectivity index (χ4n) is 1.27. The number of carbonyl (C=O) groups is 1. The van der Waals surface area contributed by atoms with Crippen LogP contribution >= 0.6 is 0 Å². The Morgan fingerprint density at radius 3 is 2.58 bits per heavy atom. The van der Waals surface area contributed by atoms with Crippen LogP contribution in [0.25, 0.3) is 11.5 Å². The van der Waals surface area contributed by atoms with Gasteiger partial charge in [0.2, 0.25) is 5.89 Å². The first-order valence-corrected chi connectivity index (χ1v) is 4.87. The molecule has 1 unspecified atom stereocenters. The van der Waals surface area contributed by atoms with Gasteiger partial charge in [-0.05, 0) is 12.1 Å². The normalized spacial score (nSPS) is 12.4. The molecule has 2 rings (SSSR count). The minimum atomic E-state index is -1.69. The molecule has 0 saturated carbocycles. The molecule has 19 heavy (non-hydrogen) atoms. The smallest absolute Gasteiger partial charge is 0.330 e. The number of benzene rings is 1. The lowest BCUT2D eigenvalue weighted by molar-refractivity contribution is -0.139. The number of rotatable bonds is 3. The maximum absolute atomic E-state index is 13.4.